The maximum Gasteiger partial charge on any atom is 0.355 e. The lowest BCUT2D eigenvalue weighted by atomic mass is 10.0. The molecule has 0 aromatic carbocycles. The van der Waals surface area contributed by atoms with Gasteiger partial charge in [-0.3, -0.25) is 9.78 Å². The molecule has 1 amide bonds. The fourth-order valence-corrected chi connectivity index (χ4v) is 5.90. The Kier molecular flexibility index (Phi) is 8.99. The lowest BCUT2D eigenvalue weighted by Gasteiger charge is -2.44. The van der Waals surface area contributed by atoms with Crippen molar-refractivity contribution in [3.8, 4) is 5.69 Å². The van der Waals surface area contributed by atoms with Crippen LogP contribution in [0.5, 0.6) is 0 Å². The monoisotopic (exact) mass is 578 g/mol. The first-order valence-electron chi connectivity index (χ1n) is 13.7. The van der Waals surface area contributed by atoms with Crippen LogP contribution >= 0.6 is 11.6 Å². The van der Waals surface area contributed by atoms with Gasteiger partial charge in [0.05, 0.1) is 40.7 Å². The predicted molar refractivity (Wildman–Crippen MR) is 165 cm³/mol. The van der Waals surface area contributed by atoms with Gasteiger partial charge in [-0.1, -0.05) is 45.5 Å². The van der Waals surface area contributed by atoms with Gasteiger partial charge >= 0.3 is 5.69 Å². The van der Waals surface area contributed by atoms with Gasteiger partial charge in [0.25, 0.3) is 0 Å². The summed E-state index contributed by atoms with van der Waals surface area (Å²) in [6, 6.07) is 3.55. The lowest BCUT2D eigenvalue weighted by molar-refractivity contribution is -0.128. The van der Waals surface area contributed by atoms with Crippen LogP contribution in [-0.2, 0) is 9.53 Å². The molecule has 0 aliphatic carbocycles. The van der Waals surface area contributed by atoms with Crippen molar-refractivity contribution in [3.63, 3.8) is 0 Å². The number of hydrogen-bond donors (Lipinski definition) is 0. The minimum absolute atomic E-state index is 0. The molecule has 0 unspecified atom stereocenters. The number of amides is 1. The zero-order valence-electron chi connectivity index (χ0n) is 23.6. The molecule has 10 heteroatoms. The molecule has 218 valence electrons. The highest BCUT2D eigenvalue weighted by atomic mass is 35.5. The fourth-order valence-electron chi connectivity index (χ4n) is 5.62. The van der Waals surface area contributed by atoms with Gasteiger partial charge in [-0.25, -0.2) is 14.3 Å². The van der Waals surface area contributed by atoms with Crippen LogP contribution in [-0.4, -0.2) is 68.7 Å². The second-order valence-electron chi connectivity index (χ2n) is 10.9. The first-order valence-corrected chi connectivity index (χ1v) is 14.1. The molecule has 3 aromatic heterocycles. The van der Waals surface area contributed by atoms with Gasteiger partial charge in [-0.05, 0) is 62.5 Å². The second kappa shape index (κ2) is 12.1. The van der Waals surface area contributed by atoms with E-state index < -0.39 is 5.69 Å². The summed E-state index contributed by atoms with van der Waals surface area (Å²) in [4.78, 5) is 44.7. The number of aromatic nitrogens is 4. The number of carbonyl (C=O) groups is 1. The van der Waals surface area contributed by atoms with Crippen molar-refractivity contribution in [2.24, 2.45) is 0 Å². The van der Waals surface area contributed by atoms with Crippen molar-refractivity contribution < 1.29 is 9.53 Å². The van der Waals surface area contributed by atoms with Crippen molar-refractivity contribution in [3.05, 3.63) is 69.5 Å². The van der Waals surface area contributed by atoms with Crippen LogP contribution in [0, 0.1) is 6.92 Å². The zero-order valence-corrected chi connectivity index (χ0v) is 24.4. The molecular weight excluding hydrogens is 540 g/mol. The largest absolute Gasteiger partial charge is 0.377 e. The molecule has 1 saturated heterocycles. The highest BCUT2D eigenvalue weighted by Gasteiger charge is 2.34. The van der Waals surface area contributed by atoms with Crippen LogP contribution < -0.4 is 10.6 Å². The van der Waals surface area contributed by atoms with Gasteiger partial charge in [-0.2, -0.15) is 4.98 Å². The standard InChI is InChI=1S/C30H35ClN6O3.CH4/c1-7-24(38)35-15-20(6)36(16-19(35)5)28-22-14-23(31)26(21-9-12-40-13-10-21)33-29(22)37(30(39)34-28)27-18(4)8-11-32-25(27)17(2)3;/h7-9,11,14,17,19-20H,1,10,12-13,15-16H2,2-6H3;1H4/t19-,20+;/m1./s1. The summed E-state index contributed by atoms with van der Waals surface area (Å²) in [7, 11) is 0. The third-order valence-corrected chi connectivity index (χ3v) is 8.00. The highest BCUT2D eigenvalue weighted by molar-refractivity contribution is 6.33. The summed E-state index contributed by atoms with van der Waals surface area (Å²) in [6.07, 6.45) is 5.77. The molecule has 0 bridgehead atoms. The number of nitrogens with zero attached hydrogens (tertiary/aromatic N) is 6. The van der Waals surface area contributed by atoms with E-state index in [1.54, 1.807) is 15.7 Å². The van der Waals surface area contributed by atoms with Gasteiger partial charge in [0.1, 0.15) is 5.82 Å². The minimum atomic E-state index is -0.438. The second-order valence-corrected chi connectivity index (χ2v) is 11.3. The molecule has 5 rings (SSSR count). The summed E-state index contributed by atoms with van der Waals surface area (Å²) < 4.78 is 7.10. The normalized spacial score (nSPS) is 19.2. The van der Waals surface area contributed by atoms with Gasteiger partial charge in [0.2, 0.25) is 5.91 Å². The van der Waals surface area contributed by atoms with E-state index in [0.29, 0.717) is 66.0 Å². The summed E-state index contributed by atoms with van der Waals surface area (Å²) in [5.74, 6) is 0.466. The van der Waals surface area contributed by atoms with Crippen LogP contribution in [0.2, 0.25) is 5.02 Å². The number of pyridine rings is 2. The Morgan fingerprint density at radius 1 is 1.22 bits per heavy atom. The molecule has 9 nitrogen and oxygen atoms in total. The molecular formula is C31H39ClN6O3. The van der Waals surface area contributed by atoms with Crippen LogP contribution in [0.1, 0.15) is 64.4 Å². The van der Waals surface area contributed by atoms with Gasteiger partial charge < -0.3 is 14.5 Å². The van der Waals surface area contributed by atoms with Gasteiger partial charge in [-0.15, -0.1) is 0 Å². The summed E-state index contributed by atoms with van der Waals surface area (Å²) in [6.45, 7) is 15.8. The Bertz CT molecular complexity index is 1580. The van der Waals surface area contributed by atoms with E-state index in [1.165, 1.54) is 6.08 Å². The van der Waals surface area contributed by atoms with E-state index in [9.17, 15) is 9.59 Å². The Labute approximate surface area is 246 Å². The zero-order chi connectivity index (χ0) is 28.7. The van der Waals surface area contributed by atoms with E-state index in [2.05, 4.69) is 35.3 Å². The highest BCUT2D eigenvalue weighted by Crippen LogP contribution is 2.35. The predicted octanol–water partition coefficient (Wildman–Crippen LogP) is 5.31. The van der Waals surface area contributed by atoms with Gasteiger partial charge in [0, 0.05) is 31.4 Å². The molecule has 2 atom stereocenters. The molecule has 1 fully saturated rings. The van der Waals surface area contributed by atoms with Crippen molar-refractivity contribution in [2.45, 2.75) is 66.5 Å². The molecule has 5 heterocycles. The number of anilines is 1. The third-order valence-electron chi connectivity index (χ3n) is 7.71. The number of aryl methyl sites for hydroxylation is 1. The molecule has 0 saturated carbocycles. The summed E-state index contributed by atoms with van der Waals surface area (Å²) in [5.41, 5.74) is 4.05. The first-order chi connectivity index (χ1) is 19.1. The number of hydrogen-bond acceptors (Lipinski definition) is 7. The molecule has 0 spiro atoms. The van der Waals surface area contributed by atoms with Crippen molar-refractivity contribution in [1.29, 1.82) is 0 Å². The molecule has 2 aliphatic heterocycles. The quantitative estimate of drug-likeness (QED) is 0.379. The van der Waals surface area contributed by atoms with Crippen molar-refractivity contribution >= 4 is 39.9 Å². The molecule has 0 N–H and O–H groups in total. The average molecular weight is 579 g/mol. The van der Waals surface area contributed by atoms with Gasteiger partial charge in [0.15, 0.2) is 5.65 Å². The van der Waals surface area contributed by atoms with E-state index in [0.717, 1.165) is 16.8 Å². The molecule has 41 heavy (non-hydrogen) atoms. The van der Waals surface area contributed by atoms with E-state index in [1.807, 2.05) is 39.0 Å². The SMILES string of the molecule is C.C=CC(=O)N1C[C@H](C)N(c2nc(=O)n(-c3c(C)ccnc3C(C)C)c3nc(C4=CCOCC4)c(Cl)cc23)C[C@H]1C. The number of piperazine rings is 1. The van der Waals surface area contributed by atoms with Crippen LogP contribution in [0.25, 0.3) is 22.3 Å². The summed E-state index contributed by atoms with van der Waals surface area (Å²) >= 11 is 6.89. The minimum Gasteiger partial charge on any atom is -0.377 e. The Balaban J connectivity index is 0.00000387. The summed E-state index contributed by atoms with van der Waals surface area (Å²) in [5, 5.41) is 1.16. The maximum atomic E-state index is 14.0. The number of carbonyl (C=O) groups excluding carboxylic acids is 1. The van der Waals surface area contributed by atoms with Crippen LogP contribution in [0.15, 0.2) is 41.9 Å². The van der Waals surface area contributed by atoms with Crippen molar-refractivity contribution in [1.82, 2.24) is 24.4 Å². The van der Waals surface area contributed by atoms with E-state index >= 15 is 0 Å². The number of ether oxygens (including phenoxy) is 1. The maximum absolute atomic E-state index is 14.0. The average Bonchev–Trinajstić information content (AvgIpc) is 2.94. The Morgan fingerprint density at radius 3 is 2.63 bits per heavy atom. The van der Waals surface area contributed by atoms with Crippen LogP contribution in [0.3, 0.4) is 0 Å². The number of halogens is 1. The Hall–Kier alpha value is -3.56. The van der Waals surface area contributed by atoms with E-state index in [-0.39, 0.29) is 31.3 Å². The van der Waals surface area contributed by atoms with E-state index in [4.69, 9.17) is 21.3 Å². The first kappa shape index (κ1) is 30.4. The smallest absolute Gasteiger partial charge is 0.355 e. The number of rotatable bonds is 5. The molecule has 2 aliphatic rings. The lowest BCUT2D eigenvalue weighted by Crippen LogP contribution is -2.58. The Morgan fingerprint density at radius 2 is 1.98 bits per heavy atom. The third kappa shape index (κ3) is 5.53. The molecule has 3 aromatic rings. The fraction of sp³-hybridized carbons (Fsp3) is 0.452. The number of fused-ring (bicyclic) bond motifs is 1. The van der Waals surface area contributed by atoms with Crippen molar-refractivity contribution in [2.75, 3.05) is 31.2 Å². The molecule has 0 radical (unpaired) electrons. The van der Waals surface area contributed by atoms with Crippen LogP contribution in [0.4, 0.5) is 5.82 Å². The topological polar surface area (TPSA) is 93.5 Å².